The molecule has 1 fully saturated rings. The Kier molecular flexibility index (Phi) is 6.22. The maximum atomic E-state index is 2.83. The van der Waals surface area contributed by atoms with Gasteiger partial charge in [-0.25, -0.2) is 0 Å². The van der Waals surface area contributed by atoms with Gasteiger partial charge in [-0.05, 0) is 56.2 Å². The third kappa shape index (κ3) is 3.61. The molecule has 1 nitrogen and oxygen atoms in total. The van der Waals surface area contributed by atoms with Crippen molar-refractivity contribution in [2.45, 2.75) is 97.1 Å². The van der Waals surface area contributed by atoms with E-state index in [2.05, 4.69) is 95.0 Å². The van der Waals surface area contributed by atoms with Crippen molar-refractivity contribution in [1.82, 2.24) is 0 Å². The Labute approximate surface area is 173 Å². The first-order chi connectivity index (χ1) is 13.4. The number of nitrogens with zero attached hydrogens (tertiary/aromatic N) is 1. The van der Waals surface area contributed by atoms with Gasteiger partial charge in [-0.15, -0.1) is 0 Å². The second kappa shape index (κ2) is 8.31. The summed E-state index contributed by atoms with van der Waals surface area (Å²) in [6, 6.07) is 18.8. The molecular weight excluding hydrogens is 338 g/mol. The summed E-state index contributed by atoms with van der Waals surface area (Å²) in [6.07, 6.45) is 7.08. The van der Waals surface area contributed by atoms with Crippen LogP contribution in [0, 0.1) is 0 Å². The van der Waals surface area contributed by atoms with Crippen LogP contribution in [0.2, 0.25) is 0 Å². The first-order valence-corrected chi connectivity index (χ1v) is 11.3. The lowest BCUT2D eigenvalue weighted by Crippen LogP contribution is -2.46. The summed E-state index contributed by atoms with van der Waals surface area (Å²) >= 11 is 0. The van der Waals surface area contributed by atoms with Crippen LogP contribution in [0.3, 0.4) is 0 Å². The van der Waals surface area contributed by atoms with Gasteiger partial charge in [0.15, 0.2) is 0 Å². The van der Waals surface area contributed by atoms with Gasteiger partial charge >= 0.3 is 0 Å². The van der Waals surface area contributed by atoms with Gasteiger partial charge in [0.25, 0.3) is 0 Å². The highest BCUT2D eigenvalue weighted by atomic mass is 15.3. The van der Waals surface area contributed by atoms with Crippen LogP contribution >= 0.6 is 0 Å². The van der Waals surface area contributed by atoms with Gasteiger partial charge in [-0.3, -0.25) is 0 Å². The highest BCUT2D eigenvalue weighted by Gasteiger charge is 2.53. The fraction of sp³-hybridized carbons (Fsp3) is 0.556. The van der Waals surface area contributed by atoms with Crippen molar-refractivity contribution in [3.05, 3.63) is 65.2 Å². The molecular formula is C27H39N. The minimum Gasteiger partial charge on any atom is -0.362 e. The molecule has 2 aromatic rings. The highest BCUT2D eigenvalue weighted by molar-refractivity contribution is 5.65. The van der Waals surface area contributed by atoms with Crippen LogP contribution in [0.15, 0.2) is 48.5 Å². The van der Waals surface area contributed by atoms with Crippen LogP contribution in [0.25, 0.3) is 0 Å². The lowest BCUT2D eigenvalue weighted by atomic mass is 9.73. The van der Waals surface area contributed by atoms with Crippen molar-refractivity contribution in [3.63, 3.8) is 0 Å². The Balaban J connectivity index is 2.18. The molecule has 28 heavy (non-hydrogen) atoms. The molecule has 0 aromatic heterocycles. The molecule has 1 aliphatic heterocycles. The quantitative estimate of drug-likeness (QED) is 0.488. The standard InChI is InChI=1S/C27H39N/c1-7-14-21-16-13-17-22(15-8-2)25(21)28-24(9-3)27(6,20-26(28,4)5)23-18-11-10-12-19-23/h10-13,16-19,24H,7-9,14-15,20H2,1-6H3. The Morgan fingerprint density at radius 3 is 1.89 bits per heavy atom. The van der Waals surface area contributed by atoms with Gasteiger partial charge in [0.2, 0.25) is 0 Å². The van der Waals surface area contributed by atoms with Crippen LogP contribution in [-0.2, 0) is 18.3 Å². The van der Waals surface area contributed by atoms with Crippen molar-refractivity contribution < 1.29 is 0 Å². The molecule has 1 saturated heterocycles. The van der Waals surface area contributed by atoms with Gasteiger partial charge in [0, 0.05) is 22.7 Å². The van der Waals surface area contributed by atoms with Crippen molar-refractivity contribution in [1.29, 1.82) is 0 Å². The normalized spacial score (nSPS) is 23.9. The smallest absolute Gasteiger partial charge is 0.0438 e. The molecule has 0 radical (unpaired) electrons. The third-order valence-corrected chi connectivity index (χ3v) is 6.80. The molecule has 0 N–H and O–H groups in total. The summed E-state index contributed by atoms with van der Waals surface area (Å²) < 4.78 is 0. The molecule has 0 amide bonds. The first kappa shape index (κ1) is 21.0. The molecule has 0 bridgehead atoms. The average Bonchev–Trinajstić information content (AvgIpc) is 2.89. The zero-order valence-electron chi connectivity index (χ0n) is 18.9. The van der Waals surface area contributed by atoms with E-state index in [-0.39, 0.29) is 11.0 Å². The predicted molar refractivity (Wildman–Crippen MR) is 123 cm³/mol. The van der Waals surface area contributed by atoms with Crippen LogP contribution in [0.1, 0.15) is 83.9 Å². The molecule has 1 heterocycles. The number of hydrogen-bond donors (Lipinski definition) is 0. The van der Waals surface area contributed by atoms with E-state index in [0.29, 0.717) is 6.04 Å². The highest BCUT2D eigenvalue weighted by Crippen LogP contribution is 2.52. The maximum absolute atomic E-state index is 2.83. The summed E-state index contributed by atoms with van der Waals surface area (Å²) in [5, 5.41) is 0. The zero-order chi connectivity index (χ0) is 20.4. The summed E-state index contributed by atoms with van der Waals surface area (Å²) in [6.45, 7) is 14.4. The number of hydrogen-bond acceptors (Lipinski definition) is 1. The van der Waals surface area contributed by atoms with Crippen molar-refractivity contribution in [3.8, 4) is 0 Å². The van der Waals surface area contributed by atoms with Crippen LogP contribution in [0.5, 0.6) is 0 Å². The fourth-order valence-electron chi connectivity index (χ4n) is 5.91. The number of anilines is 1. The molecule has 152 valence electrons. The van der Waals surface area contributed by atoms with Crippen LogP contribution in [-0.4, -0.2) is 11.6 Å². The molecule has 2 unspecified atom stereocenters. The molecule has 1 heteroatoms. The van der Waals surface area contributed by atoms with E-state index in [0.717, 1.165) is 12.8 Å². The lowest BCUT2D eigenvalue weighted by Gasteiger charge is -2.42. The molecule has 3 rings (SSSR count). The Hall–Kier alpha value is -1.76. The van der Waals surface area contributed by atoms with Gasteiger partial charge in [-0.2, -0.15) is 0 Å². The summed E-state index contributed by atoms with van der Waals surface area (Å²) in [7, 11) is 0. The second-order valence-electron chi connectivity index (χ2n) is 9.49. The minimum atomic E-state index is 0.137. The van der Waals surface area contributed by atoms with Crippen molar-refractivity contribution in [2.75, 3.05) is 4.90 Å². The number of rotatable bonds is 7. The average molecular weight is 378 g/mol. The monoisotopic (exact) mass is 377 g/mol. The fourth-order valence-corrected chi connectivity index (χ4v) is 5.91. The zero-order valence-corrected chi connectivity index (χ0v) is 18.9. The van der Waals surface area contributed by atoms with E-state index in [1.54, 1.807) is 5.69 Å². The van der Waals surface area contributed by atoms with Gasteiger partial charge in [0.05, 0.1) is 0 Å². The van der Waals surface area contributed by atoms with Gasteiger partial charge in [0.1, 0.15) is 0 Å². The number of benzene rings is 2. The van der Waals surface area contributed by atoms with Crippen LogP contribution in [0.4, 0.5) is 5.69 Å². The Morgan fingerprint density at radius 1 is 0.821 bits per heavy atom. The van der Waals surface area contributed by atoms with Crippen molar-refractivity contribution >= 4 is 5.69 Å². The molecule has 0 aliphatic carbocycles. The van der Waals surface area contributed by atoms with E-state index in [9.17, 15) is 0 Å². The van der Waals surface area contributed by atoms with E-state index in [1.165, 1.54) is 42.4 Å². The van der Waals surface area contributed by atoms with Gasteiger partial charge < -0.3 is 4.90 Å². The van der Waals surface area contributed by atoms with E-state index < -0.39 is 0 Å². The lowest BCUT2D eigenvalue weighted by molar-refractivity contribution is 0.402. The number of para-hydroxylation sites is 1. The Bertz CT molecular complexity index is 752. The predicted octanol–water partition coefficient (Wildman–Crippen LogP) is 7.32. The maximum Gasteiger partial charge on any atom is 0.0438 e. The van der Waals surface area contributed by atoms with Crippen molar-refractivity contribution in [2.24, 2.45) is 0 Å². The molecule has 0 spiro atoms. The topological polar surface area (TPSA) is 3.24 Å². The van der Waals surface area contributed by atoms with Crippen LogP contribution < -0.4 is 4.90 Å². The second-order valence-corrected chi connectivity index (χ2v) is 9.49. The Morgan fingerprint density at radius 2 is 1.39 bits per heavy atom. The molecule has 2 atom stereocenters. The largest absolute Gasteiger partial charge is 0.362 e. The summed E-state index contributed by atoms with van der Waals surface area (Å²) in [4.78, 5) is 2.83. The number of aryl methyl sites for hydroxylation is 2. The third-order valence-electron chi connectivity index (χ3n) is 6.80. The summed E-state index contributed by atoms with van der Waals surface area (Å²) in [5.41, 5.74) is 6.42. The van der Waals surface area contributed by atoms with E-state index in [1.807, 2.05) is 0 Å². The molecule has 2 aromatic carbocycles. The summed E-state index contributed by atoms with van der Waals surface area (Å²) in [5.74, 6) is 0. The molecule has 0 saturated carbocycles. The van der Waals surface area contributed by atoms with E-state index in [4.69, 9.17) is 0 Å². The minimum absolute atomic E-state index is 0.137. The molecule has 1 aliphatic rings. The van der Waals surface area contributed by atoms with Gasteiger partial charge in [-0.1, -0.05) is 89.1 Å². The first-order valence-electron chi connectivity index (χ1n) is 11.3. The SMILES string of the molecule is CCCc1cccc(CCC)c1N1C(CC)C(C)(c2ccccc2)CC1(C)C. The van der Waals surface area contributed by atoms with E-state index >= 15 is 0 Å².